The van der Waals surface area contributed by atoms with E-state index in [1.54, 1.807) is 38.1 Å². The van der Waals surface area contributed by atoms with Gasteiger partial charge in [-0.25, -0.2) is 26.3 Å². The van der Waals surface area contributed by atoms with Gasteiger partial charge in [-0.15, -0.1) is 0 Å². The lowest BCUT2D eigenvalue weighted by atomic mass is 9.73. The molecule has 0 aliphatic heterocycles. The van der Waals surface area contributed by atoms with E-state index in [9.17, 15) is 26.3 Å². The molecule has 438 valence electrons. The Balaban J connectivity index is 0.000000468. The van der Waals surface area contributed by atoms with Crippen LogP contribution < -0.4 is 0 Å². The molecule has 0 N–H and O–H groups in total. The molecule has 0 bridgehead atoms. The third-order valence-electron chi connectivity index (χ3n) is 15.3. The van der Waals surface area contributed by atoms with Gasteiger partial charge >= 0.3 is 0 Å². The van der Waals surface area contributed by atoms with Gasteiger partial charge in [-0.3, -0.25) is 0 Å². The summed E-state index contributed by atoms with van der Waals surface area (Å²) in [6, 6.07) is 26.3. The summed E-state index contributed by atoms with van der Waals surface area (Å²) in [5.74, 6) is 4.21. The number of halogens is 6. The molecule has 0 nitrogen and oxygen atoms in total. The van der Waals surface area contributed by atoms with Crippen LogP contribution in [0.15, 0.2) is 84.9 Å². The van der Waals surface area contributed by atoms with Crippen molar-refractivity contribution in [1.29, 1.82) is 0 Å². The summed E-state index contributed by atoms with van der Waals surface area (Å²) in [5.41, 5.74) is 8.43. The molecule has 0 heterocycles. The normalized spacial score (nSPS) is 14.4. The molecular formula is C72H108F6. The lowest BCUT2D eigenvalue weighted by molar-refractivity contribution is 0.189. The molecule has 6 rings (SSSR count). The summed E-state index contributed by atoms with van der Waals surface area (Å²) in [5, 5.41) is 0. The highest BCUT2D eigenvalue weighted by molar-refractivity contribution is 5.32. The quantitative estimate of drug-likeness (QED) is 0.109. The number of benzene rings is 5. The van der Waals surface area contributed by atoms with Crippen molar-refractivity contribution in [2.45, 2.75) is 251 Å². The third-order valence-corrected chi connectivity index (χ3v) is 15.3. The standard InChI is InChI=1S/2C12H16F2.2C12H17F.C12H24.C12H18/c1-7(2)9-5-10(13)12(8(3)4)11(14)6-9;1-7(2)9-5-6-10(8(3)4)12(14)11(9)13;2*1-8(2)10-5-6-11(9(3)4)12(13)7-10;2*1-9(2)11-5-7-12(8-6-11)10(3)4/h2*5-8H,1-4H3;2*5-9H,1-4H3;9-12H,5-8H2,1-4H3;5-10H,1-4H3. The first-order valence-electron chi connectivity index (χ1n) is 29.8. The van der Waals surface area contributed by atoms with Crippen molar-refractivity contribution >= 4 is 0 Å². The van der Waals surface area contributed by atoms with E-state index >= 15 is 0 Å². The second-order valence-electron chi connectivity index (χ2n) is 25.7. The highest BCUT2D eigenvalue weighted by Gasteiger charge is 2.25. The fourth-order valence-electron chi connectivity index (χ4n) is 9.45. The van der Waals surface area contributed by atoms with Crippen molar-refractivity contribution < 1.29 is 26.3 Å². The molecule has 5 aromatic rings. The van der Waals surface area contributed by atoms with Gasteiger partial charge in [0.25, 0.3) is 0 Å². The van der Waals surface area contributed by atoms with Gasteiger partial charge in [-0.2, -0.15) is 0 Å². The van der Waals surface area contributed by atoms with Crippen LogP contribution in [0.5, 0.6) is 0 Å². The second-order valence-corrected chi connectivity index (χ2v) is 25.7. The maximum atomic E-state index is 13.5. The average molecular weight is 1090 g/mol. The molecule has 0 aromatic heterocycles. The van der Waals surface area contributed by atoms with Crippen LogP contribution in [0.3, 0.4) is 0 Å². The van der Waals surface area contributed by atoms with E-state index in [1.165, 1.54) is 48.9 Å². The van der Waals surface area contributed by atoms with Crippen molar-refractivity contribution in [3.8, 4) is 0 Å². The summed E-state index contributed by atoms with van der Waals surface area (Å²) < 4.78 is 80.9. The van der Waals surface area contributed by atoms with Crippen LogP contribution >= 0.6 is 0 Å². The topological polar surface area (TPSA) is 0 Å². The largest absolute Gasteiger partial charge is 0.207 e. The third kappa shape index (κ3) is 23.8. The van der Waals surface area contributed by atoms with Crippen LogP contribution in [0, 0.1) is 58.6 Å². The zero-order chi connectivity index (χ0) is 60.0. The van der Waals surface area contributed by atoms with Gasteiger partial charge in [0.1, 0.15) is 23.3 Å². The van der Waals surface area contributed by atoms with Gasteiger partial charge in [0, 0.05) is 5.56 Å². The molecule has 6 heteroatoms. The smallest absolute Gasteiger partial charge is 0.162 e. The molecule has 1 fully saturated rings. The van der Waals surface area contributed by atoms with E-state index in [2.05, 4.69) is 107 Å². The minimum absolute atomic E-state index is 0.0192. The van der Waals surface area contributed by atoms with Crippen molar-refractivity contribution in [2.75, 3.05) is 0 Å². The molecule has 0 radical (unpaired) electrons. The minimum atomic E-state index is -0.689. The molecule has 78 heavy (non-hydrogen) atoms. The minimum Gasteiger partial charge on any atom is -0.207 e. The average Bonchev–Trinajstić information content (AvgIpc) is 3.34. The zero-order valence-electron chi connectivity index (χ0n) is 53.3. The lowest BCUT2D eigenvalue weighted by Gasteiger charge is -2.32. The SMILES string of the molecule is CC(C)C1CCC(C(C)C)CC1.CC(C)c1cc(F)c(C(C)C)c(F)c1.CC(C)c1ccc(C(C)C)c(F)c1.CC(C)c1ccc(C(C)C)c(F)c1.CC(C)c1ccc(C(C)C)c(F)c1F.CC(C)c1ccc(C(C)C)cc1. The van der Waals surface area contributed by atoms with Crippen LogP contribution in [0.25, 0.3) is 0 Å². The Morgan fingerprint density at radius 3 is 0.692 bits per heavy atom. The predicted octanol–water partition coefficient (Wildman–Crippen LogP) is 24.6. The second kappa shape index (κ2) is 34.7. The zero-order valence-corrected chi connectivity index (χ0v) is 53.3. The van der Waals surface area contributed by atoms with Crippen molar-refractivity contribution in [3.05, 3.63) is 175 Å². The summed E-state index contributed by atoms with van der Waals surface area (Å²) in [7, 11) is 0. The van der Waals surface area contributed by atoms with Crippen LogP contribution in [0.4, 0.5) is 26.3 Å². The maximum Gasteiger partial charge on any atom is 0.162 e. The van der Waals surface area contributed by atoms with Crippen molar-refractivity contribution in [2.24, 2.45) is 23.7 Å². The molecule has 1 saturated carbocycles. The Labute approximate surface area is 474 Å². The van der Waals surface area contributed by atoms with E-state index in [0.717, 1.165) is 45.9 Å². The van der Waals surface area contributed by atoms with Gasteiger partial charge in [-0.1, -0.05) is 227 Å². The van der Waals surface area contributed by atoms with E-state index in [-0.39, 0.29) is 52.7 Å². The van der Waals surface area contributed by atoms with E-state index < -0.39 is 23.3 Å². The van der Waals surface area contributed by atoms with Gasteiger partial charge in [0.05, 0.1) is 0 Å². The van der Waals surface area contributed by atoms with Gasteiger partial charge in [-0.05, 0) is 183 Å². The number of hydrogen-bond donors (Lipinski definition) is 0. The highest BCUT2D eigenvalue weighted by atomic mass is 19.2. The summed E-state index contributed by atoms with van der Waals surface area (Å²) in [4.78, 5) is 0. The molecule has 0 spiro atoms. The van der Waals surface area contributed by atoms with Gasteiger partial charge in [0.15, 0.2) is 11.6 Å². The predicted molar refractivity (Wildman–Crippen MR) is 328 cm³/mol. The summed E-state index contributed by atoms with van der Waals surface area (Å²) >= 11 is 0. The molecule has 1 aliphatic carbocycles. The van der Waals surface area contributed by atoms with Crippen LogP contribution in [0.1, 0.15) is 307 Å². The van der Waals surface area contributed by atoms with Gasteiger partial charge < -0.3 is 0 Å². The monoisotopic (exact) mass is 1090 g/mol. The molecule has 1 aliphatic rings. The van der Waals surface area contributed by atoms with Crippen molar-refractivity contribution in [3.63, 3.8) is 0 Å². The van der Waals surface area contributed by atoms with Crippen LogP contribution in [-0.2, 0) is 0 Å². The molecule has 0 atom stereocenters. The Morgan fingerprint density at radius 1 is 0.256 bits per heavy atom. The summed E-state index contributed by atoms with van der Waals surface area (Å²) in [6.07, 6.45) is 5.95. The first kappa shape index (κ1) is 71.7. The van der Waals surface area contributed by atoms with Crippen LogP contribution in [-0.4, -0.2) is 0 Å². The van der Waals surface area contributed by atoms with Crippen LogP contribution in [0.2, 0.25) is 0 Å². The van der Waals surface area contributed by atoms with Gasteiger partial charge in [0.2, 0.25) is 0 Å². The summed E-state index contributed by atoms with van der Waals surface area (Å²) in [6.45, 7) is 49.6. The Hall–Kier alpha value is -4.32. The molecule has 0 saturated heterocycles. The Bertz CT molecular complexity index is 2300. The molecule has 0 unspecified atom stereocenters. The Morgan fingerprint density at radius 2 is 0.487 bits per heavy atom. The number of hydrogen-bond acceptors (Lipinski definition) is 0. The fourth-order valence-corrected chi connectivity index (χ4v) is 9.45. The first-order chi connectivity index (χ1) is 36.1. The number of rotatable bonds is 12. The highest BCUT2D eigenvalue weighted by Crippen LogP contribution is 2.37. The molecular weight excluding hydrogens is 979 g/mol. The Kier molecular flexibility index (Phi) is 31.9. The molecule has 5 aromatic carbocycles. The van der Waals surface area contributed by atoms with E-state index in [4.69, 9.17) is 0 Å². The molecule has 0 amide bonds. The van der Waals surface area contributed by atoms with Crippen molar-refractivity contribution in [1.82, 2.24) is 0 Å². The fraction of sp³-hybridized carbons (Fsp3) is 0.583. The first-order valence-corrected chi connectivity index (χ1v) is 29.8. The lowest BCUT2D eigenvalue weighted by Crippen LogP contribution is -2.21. The maximum absolute atomic E-state index is 13.5. The van der Waals surface area contributed by atoms with E-state index in [0.29, 0.717) is 40.4 Å². The van der Waals surface area contributed by atoms with E-state index in [1.807, 2.05) is 93.5 Å².